The van der Waals surface area contributed by atoms with Crippen LogP contribution in [0.15, 0.2) is 21.1 Å². The van der Waals surface area contributed by atoms with Gasteiger partial charge in [0.15, 0.2) is 5.78 Å². The van der Waals surface area contributed by atoms with E-state index >= 15 is 0 Å². The molecule has 1 rings (SSSR count). The molecule has 0 unspecified atom stereocenters. The predicted octanol–water partition coefficient (Wildman–Crippen LogP) is 1.78. The van der Waals surface area contributed by atoms with Gasteiger partial charge >= 0.3 is 5.97 Å². The highest BCUT2D eigenvalue weighted by Crippen LogP contribution is 2.29. The predicted molar refractivity (Wildman–Crippen MR) is 70.8 cm³/mol. The van der Waals surface area contributed by atoms with Crippen LogP contribution in [-0.2, 0) is 4.79 Å². The van der Waals surface area contributed by atoms with Crippen molar-refractivity contribution in [3.8, 4) is 0 Å². The molecule has 0 aliphatic heterocycles. The molecule has 0 saturated heterocycles. The molecule has 0 heterocycles. The lowest BCUT2D eigenvalue weighted by molar-refractivity contribution is -0.138. The molecule has 1 aromatic rings. The topological polar surface area (TPSA) is 106 Å². The van der Waals surface area contributed by atoms with Crippen LogP contribution in [0.1, 0.15) is 16.8 Å². The van der Waals surface area contributed by atoms with E-state index in [4.69, 9.17) is 16.6 Å². The molecule has 0 fully saturated rings. The van der Waals surface area contributed by atoms with Gasteiger partial charge in [0.05, 0.1) is 5.69 Å². The fraction of sp³-hybridized carbons (Fsp3) is 0.200. The maximum Gasteiger partial charge on any atom is 0.320 e. The second kappa shape index (κ2) is 5.61. The van der Waals surface area contributed by atoms with Gasteiger partial charge in [-0.25, -0.2) is 0 Å². The normalized spacial score (nSPS) is 12.2. The van der Waals surface area contributed by atoms with E-state index in [1.165, 1.54) is 6.07 Å². The molecule has 0 spiro atoms. The number of ketones is 1. The summed E-state index contributed by atoms with van der Waals surface area (Å²) in [5, 5.41) is 8.63. The van der Waals surface area contributed by atoms with Crippen LogP contribution in [0.2, 0.25) is 0 Å². The van der Waals surface area contributed by atoms with Crippen molar-refractivity contribution in [3.63, 3.8) is 0 Å². The Kier molecular flexibility index (Phi) is 4.67. The number of carbonyl (C=O) groups excluding carboxylic acids is 1. The van der Waals surface area contributed by atoms with E-state index in [0.717, 1.165) is 0 Å². The molecule has 0 aliphatic carbocycles. The number of anilines is 1. The zero-order valence-electron chi connectivity index (χ0n) is 8.61. The summed E-state index contributed by atoms with van der Waals surface area (Å²) in [6.07, 6.45) is -0.289. The van der Waals surface area contributed by atoms with Gasteiger partial charge in [-0.2, -0.15) is 0 Å². The van der Waals surface area contributed by atoms with E-state index in [1.54, 1.807) is 6.07 Å². The molecule has 7 heteroatoms. The van der Waals surface area contributed by atoms with Crippen LogP contribution in [0.3, 0.4) is 0 Å². The van der Waals surface area contributed by atoms with Crippen LogP contribution in [0.5, 0.6) is 0 Å². The van der Waals surface area contributed by atoms with E-state index < -0.39 is 17.8 Å². The zero-order valence-corrected chi connectivity index (χ0v) is 11.8. The number of benzene rings is 1. The lowest BCUT2D eigenvalue weighted by Gasteiger charge is -2.09. The maximum atomic E-state index is 11.8. The first-order valence-electron chi connectivity index (χ1n) is 4.59. The highest BCUT2D eigenvalue weighted by Gasteiger charge is 2.20. The number of hydrogen-bond donors (Lipinski definition) is 3. The van der Waals surface area contributed by atoms with Crippen molar-refractivity contribution >= 4 is 49.3 Å². The number of carboxylic acids is 1. The Morgan fingerprint density at radius 3 is 2.47 bits per heavy atom. The molecule has 5 N–H and O–H groups in total. The number of rotatable bonds is 4. The average Bonchev–Trinajstić information content (AvgIpc) is 2.22. The van der Waals surface area contributed by atoms with Crippen molar-refractivity contribution in [2.24, 2.45) is 5.73 Å². The van der Waals surface area contributed by atoms with E-state index in [0.29, 0.717) is 8.95 Å². The van der Waals surface area contributed by atoms with Crippen LogP contribution >= 0.6 is 31.9 Å². The Hall–Kier alpha value is -0.920. The summed E-state index contributed by atoms with van der Waals surface area (Å²) >= 11 is 6.43. The molecule has 0 aromatic heterocycles. The van der Waals surface area contributed by atoms with Crippen molar-refractivity contribution in [1.82, 2.24) is 0 Å². The third-order valence-electron chi connectivity index (χ3n) is 2.12. The Labute approximate surface area is 114 Å². The van der Waals surface area contributed by atoms with E-state index in [-0.39, 0.29) is 17.7 Å². The highest BCUT2D eigenvalue weighted by molar-refractivity contribution is 9.11. The van der Waals surface area contributed by atoms with Gasteiger partial charge in [0.1, 0.15) is 6.04 Å². The number of nitrogen functional groups attached to an aromatic ring is 1. The molecule has 0 amide bonds. The SMILES string of the molecule is Nc1c(Br)cc(Br)cc1C(=O)C[C@H](N)C(=O)O. The summed E-state index contributed by atoms with van der Waals surface area (Å²) in [4.78, 5) is 22.4. The Morgan fingerprint density at radius 1 is 1.35 bits per heavy atom. The highest BCUT2D eigenvalue weighted by atomic mass is 79.9. The third kappa shape index (κ3) is 3.52. The molecule has 0 aliphatic rings. The number of carboxylic acid groups (broad SMARTS) is 1. The van der Waals surface area contributed by atoms with Gasteiger partial charge in [0.25, 0.3) is 0 Å². The Morgan fingerprint density at radius 2 is 1.94 bits per heavy atom. The zero-order chi connectivity index (χ0) is 13.2. The van der Waals surface area contributed by atoms with Gasteiger partial charge < -0.3 is 16.6 Å². The minimum absolute atomic E-state index is 0.253. The van der Waals surface area contributed by atoms with E-state index in [9.17, 15) is 9.59 Å². The van der Waals surface area contributed by atoms with Crippen molar-refractivity contribution in [3.05, 3.63) is 26.6 Å². The summed E-state index contributed by atoms with van der Waals surface area (Å²) in [5.74, 6) is -1.62. The number of hydrogen-bond acceptors (Lipinski definition) is 4. The van der Waals surface area contributed by atoms with E-state index in [1.807, 2.05) is 0 Å². The lowest BCUT2D eigenvalue weighted by atomic mass is 10.0. The van der Waals surface area contributed by atoms with Gasteiger partial charge in [-0.15, -0.1) is 0 Å². The van der Waals surface area contributed by atoms with Crippen LogP contribution in [0.4, 0.5) is 5.69 Å². The molecular weight excluding hydrogens is 356 g/mol. The van der Waals surface area contributed by atoms with Crippen LogP contribution in [0, 0.1) is 0 Å². The standard InChI is InChI=1S/C10H10Br2N2O3/c11-4-1-5(9(14)6(12)2-4)8(15)3-7(13)10(16)17/h1-2,7H,3,13-14H2,(H,16,17)/t7-/m0/s1. The van der Waals surface area contributed by atoms with E-state index in [2.05, 4.69) is 31.9 Å². The molecule has 1 aromatic carbocycles. The number of halogens is 2. The molecule has 92 valence electrons. The third-order valence-corrected chi connectivity index (χ3v) is 3.23. The molecule has 17 heavy (non-hydrogen) atoms. The molecular formula is C10H10Br2N2O3. The smallest absolute Gasteiger partial charge is 0.320 e. The first kappa shape index (κ1) is 14.1. The van der Waals surface area contributed by atoms with Crippen LogP contribution in [0.25, 0.3) is 0 Å². The number of nitrogens with two attached hydrogens (primary N) is 2. The molecule has 5 nitrogen and oxygen atoms in total. The summed E-state index contributed by atoms with van der Waals surface area (Å²) in [5.41, 5.74) is 11.6. The van der Waals surface area contributed by atoms with Gasteiger partial charge in [-0.3, -0.25) is 9.59 Å². The largest absolute Gasteiger partial charge is 0.480 e. The maximum absolute atomic E-state index is 11.8. The quantitative estimate of drug-likeness (QED) is 0.557. The second-order valence-electron chi connectivity index (χ2n) is 3.42. The van der Waals surface area contributed by atoms with Gasteiger partial charge in [0.2, 0.25) is 0 Å². The number of carbonyl (C=O) groups is 2. The lowest BCUT2D eigenvalue weighted by Crippen LogP contribution is -2.32. The second-order valence-corrected chi connectivity index (χ2v) is 5.19. The Bertz CT molecular complexity index is 477. The average molecular weight is 366 g/mol. The molecule has 0 bridgehead atoms. The first-order valence-corrected chi connectivity index (χ1v) is 6.17. The summed E-state index contributed by atoms with van der Waals surface area (Å²) in [6, 6.07) is 2.01. The fourth-order valence-corrected chi connectivity index (χ4v) is 2.44. The van der Waals surface area contributed by atoms with Gasteiger partial charge in [0, 0.05) is 20.9 Å². The van der Waals surface area contributed by atoms with Crippen LogP contribution < -0.4 is 11.5 Å². The minimum atomic E-state index is -1.22. The van der Waals surface area contributed by atoms with Crippen molar-refractivity contribution in [1.29, 1.82) is 0 Å². The van der Waals surface area contributed by atoms with Crippen LogP contribution in [-0.4, -0.2) is 22.9 Å². The minimum Gasteiger partial charge on any atom is -0.480 e. The summed E-state index contributed by atoms with van der Waals surface area (Å²) < 4.78 is 1.24. The molecule has 0 saturated carbocycles. The molecule has 1 atom stereocenters. The van der Waals surface area contributed by atoms with Crippen molar-refractivity contribution in [2.45, 2.75) is 12.5 Å². The Balaban J connectivity index is 3.01. The van der Waals surface area contributed by atoms with Gasteiger partial charge in [-0.1, -0.05) is 15.9 Å². The van der Waals surface area contributed by atoms with Crippen molar-refractivity contribution in [2.75, 3.05) is 5.73 Å². The number of aliphatic carboxylic acids is 1. The number of Topliss-reactive ketones (excluding diaryl/α,β-unsaturated/α-hetero) is 1. The summed E-state index contributed by atoms with van der Waals surface area (Å²) in [6.45, 7) is 0. The van der Waals surface area contributed by atoms with Gasteiger partial charge in [-0.05, 0) is 28.1 Å². The summed E-state index contributed by atoms with van der Waals surface area (Å²) in [7, 11) is 0. The molecule has 0 radical (unpaired) electrons. The fourth-order valence-electron chi connectivity index (χ4n) is 1.21. The first-order chi connectivity index (χ1) is 7.82. The van der Waals surface area contributed by atoms with Crippen molar-refractivity contribution < 1.29 is 14.7 Å². The monoisotopic (exact) mass is 364 g/mol.